The first-order chi connectivity index (χ1) is 8.90. The van der Waals surface area contributed by atoms with Gasteiger partial charge in [-0.05, 0) is 56.7 Å². The van der Waals surface area contributed by atoms with Gasteiger partial charge in [0.25, 0.3) is 5.82 Å². The highest BCUT2D eigenvalue weighted by Crippen LogP contribution is 2.24. The van der Waals surface area contributed by atoms with Gasteiger partial charge in [0.2, 0.25) is 0 Å². The lowest BCUT2D eigenvalue weighted by Gasteiger charge is -2.09. The van der Waals surface area contributed by atoms with E-state index in [-0.39, 0.29) is 11.7 Å². The number of carboxylic acids is 1. The number of nitrogens with zero attached hydrogens (tertiary/aromatic N) is 3. The molecule has 7 heteroatoms. The Morgan fingerprint density at radius 1 is 1.47 bits per heavy atom. The van der Waals surface area contributed by atoms with Gasteiger partial charge >= 0.3 is 5.97 Å². The van der Waals surface area contributed by atoms with Crippen molar-refractivity contribution in [3.8, 4) is 5.69 Å². The molecular formula is C12H11BrIN3O2. The Labute approximate surface area is 132 Å². The zero-order valence-corrected chi connectivity index (χ0v) is 14.0. The highest BCUT2D eigenvalue weighted by atomic mass is 127. The summed E-state index contributed by atoms with van der Waals surface area (Å²) in [5.41, 5.74) is 0.788. The Kier molecular flexibility index (Phi) is 4.24. The van der Waals surface area contributed by atoms with Crippen LogP contribution in [-0.4, -0.2) is 25.8 Å². The molecule has 0 unspecified atom stereocenters. The van der Waals surface area contributed by atoms with E-state index in [1.54, 1.807) is 4.68 Å². The second kappa shape index (κ2) is 5.58. The summed E-state index contributed by atoms with van der Waals surface area (Å²) >= 11 is 5.67. The summed E-state index contributed by atoms with van der Waals surface area (Å²) in [7, 11) is 0. The highest BCUT2D eigenvalue weighted by Gasteiger charge is 2.18. The van der Waals surface area contributed by atoms with Crippen LogP contribution in [0.5, 0.6) is 0 Å². The Morgan fingerprint density at radius 3 is 2.68 bits per heavy atom. The van der Waals surface area contributed by atoms with Crippen LogP contribution < -0.4 is 0 Å². The zero-order valence-electron chi connectivity index (χ0n) is 10.3. The maximum absolute atomic E-state index is 11.0. The summed E-state index contributed by atoms with van der Waals surface area (Å²) < 4.78 is 3.59. The number of halogens is 2. The van der Waals surface area contributed by atoms with Gasteiger partial charge in [-0.1, -0.05) is 13.8 Å². The van der Waals surface area contributed by atoms with Gasteiger partial charge in [0.15, 0.2) is 0 Å². The number of benzene rings is 1. The summed E-state index contributed by atoms with van der Waals surface area (Å²) in [6.07, 6.45) is 0. The summed E-state index contributed by atoms with van der Waals surface area (Å²) in [6, 6.07) is 5.72. The first-order valence-corrected chi connectivity index (χ1v) is 7.43. The number of carbonyl (C=O) groups is 1. The first kappa shape index (κ1) is 14.4. The molecule has 0 bridgehead atoms. The van der Waals surface area contributed by atoms with Gasteiger partial charge in [-0.25, -0.2) is 14.5 Å². The van der Waals surface area contributed by atoms with E-state index >= 15 is 0 Å². The van der Waals surface area contributed by atoms with E-state index < -0.39 is 5.97 Å². The van der Waals surface area contributed by atoms with Crippen molar-refractivity contribution < 1.29 is 9.90 Å². The van der Waals surface area contributed by atoms with E-state index in [9.17, 15) is 4.79 Å². The Hall–Kier alpha value is -0.960. The van der Waals surface area contributed by atoms with E-state index in [0.29, 0.717) is 5.82 Å². The second-order valence-electron chi connectivity index (χ2n) is 4.26. The molecule has 0 fully saturated rings. The lowest BCUT2D eigenvalue weighted by Crippen LogP contribution is -2.05. The minimum Gasteiger partial charge on any atom is -0.475 e. The molecule has 1 aromatic heterocycles. The van der Waals surface area contributed by atoms with Crippen molar-refractivity contribution in [1.29, 1.82) is 0 Å². The number of hydrogen-bond donors (Lipinski definition) is 1. The van der Waals surface area contributed by atoms with Gasteiger partial charge in [-0.3, -0.25) is 0 Å². The molecule has 1 N–H and O–H groups in total. The Bertz CT molecular complexity index is 640. The van der Waals surface area contributed by atoms with E-state index in [4.69, 9.17) is 5.11 Å². The van der Waals surface area contributed by atoms with Gasteiger partial charge < -0.3 is 5.11 Å². The third-order valence-electron chi connectivity index (χ3n) is 2.49. The fraction of sp³-hybridized carbons (Fsp3) is 0.250. The van der Waals surface area contributed by atoms with Crippen molar-refractivity contribution >= 4 is 44.5 Å². The lowest BCUT2D eigenvalue weighted by atomic mass is 10.2. The fourth-order valence-electron chi connectivity index (χ4n) is 1.60. The molecule has 0 aliphatic heterocycles. The quantitative estimate of drug-likeness (QED) is 0.749. The molecule has 0 atom stereocenters. The van der Waals surface area contributed by atoms with Crippen molar-refractivity contribution in [3.05, 3.63) is 37.9 Å². The minimum absolute atomic E-state index is 0.0821. The molecule has 0 amide bonds. The molecule has 1 heterocycles. The Morgan fingerprint density at radius 2 is 2.16 bits per heavy atom. The summed E-state index contributed by atoms with van der Waals surface area (Å²) in [5, 5.41) is 13.1. The van der Waals surface area contributed by atoms with Crippen molar-refractivity contribution in [1.82, 2.24) is 14.8 Å². The highest BCUT2D eigenvalue weighted by molar-refractivity contribution is 14.1. The first-order valence-electron chi connectivity index (χ1n) is 5.56. The third kappa shape index (κ3) is 2.97. The molecule has 0 saturated carbocycles. The van der Waals surface area contributed by atoms with Crippen LogP contribution in [0.15, 0.2) is 22.7 Å². The van der Waals surface area contributed by atoms with Crippen LogP contribution in [0.25, 0.3) is 5.69 Å². The average molecular weight is 436 g/mol. The summed E-state index contributed by atoms with van der Waals surface area (Å²) in [6.45, 7) is 3.90. The monoisotopic (exact) mass is 435 g/mol. The molecule has 2 aromatic rings. The molecule has 19 heavy (non-hydrogen) atoms. The van der Waals surface area contributed by atoms with E-state index in [1.165, 1.54) is 0 Å². The molecule has 0 aliphatic rings. The Balaban J connectivity index is 2.59. The lowest BCUT2D eigenvalue weighted by molar-refractivity contribution is 0.0683. The summed E-state index contributed by atoms with van der Waals surface area (Å²) in [4.78, 5) is 15.1. The largest absolute Gasteiger partial charge is 0.475 e. The van der Waals surface area contributed by atoms with E-state index in [0.717, 1.165) is 13.7 Å². The van der Waals surface area contributed by atoms with Crippen LogP contribution in [0, 0.1) is 3.57 Å². The van der Waals surface area contributed by atoms with Crippen molar-refractivity contribution in [2.75, 3.05) is 0 Å². The van der Waals surface area contributed by atoms with Crippen LogP contribution in [0.1, 0.15) is 36.2 Å². The number of carboxylic acid groups (broad SMARTS) is 1. The van der Waals surface area contributed by atoms with Crippen LogP contribution >= 0.6 is 38.5 Å². The van der Waals surface area contributed by atoms with Gasteiger partial charge in [-0.2, -0.15) is 0 Å². The van der Waals surface area contributed by atoms with Crippen LogP contribution in [0.2, 0.25) is 0 Å². The van der Waals surface area contributed by atoms with Crippen molar-refractivity contribution in [2.24, 2.45) is 0 Å². The van der Waals surface area contributed by atoms with Crippen LogP contribution in [0.4, 0.5) is 0 Å². The normalized spacial score (nSPS) is 11.0. The molecule has 0 saturated heterocycles. The standard InChI is InChI=1S/C12H11BrIN3O2/c1-6(2)11-15-10(12(18)19)16-17(11)7-3-4-9(14)8(13)5-7/h3-6H,1-2H3,(H,18,19). The molecule has 0 aliphatic carbocycles. The van der Waals surface area contributed by atoms with Crippen molar-refractivity contribution in [3.63, 3.8) is 0 Å². The van der Waals surface area contributed by atoms with E-state index in [1.807, 2.05) is 32.0 Å². The number of hydrogen-bond acceptors (Lipinski definition) is 3. The van der Waals surface area contributed by atoms with Gasteiger partial charge in [-0.15, -0.1) is 5.10 Å². The predicted molar refractivity (Wildman–Crippen MR) is 82.8 cm³/mol. The molecule has 100 valence electrons. The minimum atomic E-state index is -1.12. The van der Waals surface area contributed by atoms with Crippen LogP contribution in [-0.2, 0) is 0 Å². The zero-order chi connectivity index (χ0) is 14.2. The maximum atomic E-state index is 11.0. The SMILES string of the molecule is CC(C)c1nc(C(=O)O)nn1-c1ccc(I)c(Br)c1. The van der Waals surface area contributed by atoms with Gasteiger partial charge in [0, 0.05) is 14.0 Å². The topological polar surface area (TPSA) is 68.0 Å². The van der Waals surface area contributed by atoms with Gasteiger partial charge in [0.05, 0.1) is 5.69 Å². The molecule has 0 spiro atoms. The summed E-state index contributed by atoms with van der Waals surface area (Å²) in [5.74, 6) is -0.590. The van der Waals surface area contributed by atoms with Crippen LogP contribution in [0.3, 0.4) is 0 Å². The number of rotatable bonds is 3. The number of aromatic nitrogens is 3. The second-order valence-corrected chi connectivity index (χ2v) is 6.28. The van der Waals surface area contributed by atoms with E-state index in [2.05, 4.69) is 48.6 Å². The average Bonchev–Trinajstić information content (AvgIpc) is 2.78. The van der Waals surface area contributed by atoms with Crippen molar-refractivity contribution in [2.45, 2.75) is 19.8 Å². The van der Waals surface area contributed by atoms with Gasteiger partial charge in [0.1, 0.15) is 5.82 Å². The third-order valence-corrected chi connectivity index (χ3v) is 4.83. The molecule has 5 nitrogen and oxygen atoms in total. The molecule has 1 aromatic carbocycles. The molecule has 0 radical (unpaired) electrons. The maximum Gasteiger partial charge on any atom is 0.375 e. The fourth-order valence-corrected chi connectivity index (χ4v) is 2.30. The molecule has 2 rings (SSSR count). The molecular weight excluding hydrogens is 425 g/mol. The smallest absolute Gasteiger partial charge is 0.375 e. The number of aromatic carboxylic acids is 1. The predicted octanol–water partition coefficient (Wildman–Crippen LogP) is 3.46.